The largest absolute Gasteiger partial charge is 0.351 e. The number of nitrogens with zero attached hydrogens (tertiary/aromatic N) is 2. The number of piperidine rings is 1. The molecule has 0 spiro atoms. The summed E-state index contributed by atoms with van der Waals surface area (Å²) in [6.45, 7) is 6.12. The smallest absolute Gasteiger partial charge is 0.273 e. The van der Waals surface area contributed by atoms with E-state index in [4.69, 9.17) is 0 Å². The quantitative estimate of drug-likeness (QED) is 0.712. The van der Waals surface area contributed by atoms with Gasteiger partial charge in [-0.3, -0.25) is 9.59 Å². The van der Waals surface area contributed by atoms with Gasteiger partial charge >= 0.3 is 0 Å². The molecule has 7 heteroatoms. The van der Waals surface area contributed by atoms with Crippen LogP contribution in [-0.2, 0) is 4.79 Å². The number of nitrogens with one attached hydrogen (secondary N) is 3. The number of hydrogen-bond donors (Lipinski definition) is 3. The molecule has 1 saturated heterocycles. The van der Waals surface area contributed by atoms with Crippen molar-refractivity contribution in [3.8, 4) is 0 Å². The highest BCUT2D eigenvalue weighted by molar-refractivity contribution is 5.92. The number of aromatic nitrogens is 3. The van der Waals surface area contributed by atoms with E-state index in [2.05, 4.69) is 26.0 Å². The Balaban J connectivity index is 2.09. The minimum Gasteiger partial charge on any atom is -0.351 e. The van der Waals surface area contributed by atoms with Gasteiger partial charge in [0.25, 0.3) is 5.91 Å². The van der Waals surface area contributed by atoms with Gasteiger partial charge in [-0.1, -0.05) is 20.8 Å². The molecule has 0 unspecified atom stereocenters. The molecule has 2 heterocycles. The zero-order valence-corrected chi connectivity index (χ0v) is 11.4. The molecule has 2 rings (SSSR count). The average molecular weight is 265 g/mol. The summed E-state index contributed by atoms with van der Waals surface area (Å²) in [7, 11) is 0. The van der Waals surface area contributed by atoms with E-state index in [-0.39, 0.29) is 35.0 Å². The molecule has 0 aliphatic carbocycles. The lowest BCUT2D eigenvalue weighted by molar-refractivity contribution is -0.125. The predicted molar refractivity (Wildman–Crippen MR) is 68.3 cm³/mol. The van der Waals surface area contributed by atoms with Gasteiger partial charge in [-0.2, -0.15) is 15.4 Å². The Hall–Kier alpha value is -1.92. The van der Waals surface area contributed by atoms with E-state index in [1.165, 1.54) is 6.20 Å². The molecule has 3 N–H and O–H groups in total. The molecule has 0 saturated carbocycles. The molecule has 1 aromatic rings. The fourth-order valence-electron chi connectivity index (χ4n) is 2.33. The van der Waals surface area contributed by atoms with E-state index in [0.29, 0.717) is 12.8 Å². The summed E-state index contributed by atoms with van der Waals surface area (Å²) in [6.07, 6.45) is 2.44. The number of carbonyl (C=O) groups excluding carboxylic acids is 2. The van der Waals surface area contributed by atoms with E-state index < -0.39 is 0 Å². The molecule has 0 radical (unpaired) electrons. The summed E-state index contributed by atoms with van der Waals surface area (Å²) in [5.74, 6) is -0.240. The first-order chi connectivity index (χ1) is 8.88. The lowest BCUT2D eigenvalue weighted by Crippen LogP contribution is -2.60. The third-order valence-corrected chi connectivity index (χ3v) is 3.30. The van der Waals surface area contributed by atoms with Crippen molar-refractivity contribution < 1.29 is 9.59 Å². The standard InChI is InChI=1S/C12H19N5O2/c1-12(2,3)10-7(4-5-9(18)15-10)14-11(19)8-6-13-17-16-8/h6-7,10H,4-5H2,1-3H3,(H,14,19)(H,15,18)(H,13,16,17)/t7-,10-/m1/s1. The molecule has 2 amide bonds. The number of rotatable bonds is 2. The van der Waals surface area contributed by atoms with Crippen LogP contribution in [0, 0.1) is 5.41 Å². The SMILES string of the molecule is CC(C)(C)[C@@H]1NC(=O)CC[C@H]1NC(=O)c1cn[nH]n1. The second kappa shape index (κ2) is 4.99. The third kappa shape index (κ3) is 3.10. The molecule has 0 bridgehead atoms. The van der Waals surface area contributed by atoms with Crippen LogP contribution in [0.5, 0.6) is 0 Å². The van der Waals surface area contributed by atoms with Gasteiger partial charge in [0.15, 0.2) is 5.69 Å². The summed E-state index contributed by atoms with van der Waals surface area (Å²) in [5, 5.41) is 15.6. The zero-order valence-electron chi connectivity index (χ0n) is 11.4. The Morgan fingerprint density at radius 1 is 1.47 bits per heavy atom. The molecule has 1 aromatic heterocycles. The molecular weight excluding hydrogens is 246 g/mol. The fourth-order valence-corrected chi connectivity index (χ4v) is 2.33. The van der Waals surface area contributed by atoms with Gasteiger partial charge in [-0.25, -0.2) is 0 Å². The van der Waals surface area contributed by atoms with Gasteiger partial charge < -0.3 is 10.6 Å². The van der Waals surface area contributed by atoms with Gasteiger partial charge in [0.2, 0.25) is 5.91 Å². The molecule has 104 valence electrons. The van der Waals surface area contributed by atoms with Crippen molar-refractivity contribution in [3.63, 3.8) is 0 Å². The summed E-state index contributed by atoms with van der Waals surface area (Å²) in [6, 6.07) is -0.188. The van der Waals surface area contributed by atoms with E-state index >= 15 is 0 Å². The Morgan fingerprint density at radius 3 is 2.79 bits per heavy atom. The van der Waals surface area contributed by atoms with Gasteiger partial charge in [0.05, 0.1) is 18.3 Å². The van der Waals surface area contributed by atoms with E-state index in [0.717, 1.165) is 0 Å². The summed E-state index contributed by atoms with van der Waals surface area (Å²) >= 11 is 0. The number of aromatic amines is 1. The number of amides is 2. The van der Waals surface area contributed by atoms with Gasteiger partial charge in [0, 0.05) is 6.42 Å². The van der Waals surface area contributed by atoms with E-state index in [1.54, 1.807) is 0 Å². The van der Waals surface area contributed by atoms with Crippen LogP contribution in [0.25, 0.3) is 0 Å². The second-order valence-corrected chi connectivity index (χ2v) is 5.89. The van der Waals surface area contributed by atoms with Crippen LogP contribution in [0.1, 0.15) is 44.1 Å². The maximum absolute atomic E-state index is 12.0. The number of carbonyl (C=O) groups is 2. The van der Waals surface area contributed by atoms with Crippen molar-refractivity contribution in [2.24, 2.45) is 5.41 Å². The average Bonchev–Trinajstić information content (AvgIpc) is 2.83. The van der Waals surface area contributed by atoms with Crippen LogP contribution in [0.15, 0.2) is 6.20 Å². The Bertz CT molecular complexity index is 463. The summed E-state index contributed by atoms with van der Waals surface area (Å²) < 4.78 is 0. The Morgan fingerprint density at radius 2 is 2.21 bits per heavy atom. The molecule has 0 aromatic carbocycles. The van der Waals surface area contributed by atoms with Crippen LogP contribution >= 0.6 is 0 Å². The van der Waals surface area contributed by atoms with Crippen molar-refractivity contribution in [2.45, 2.75) is 45.7 Å². The van der Waals surface area contributed by atoms with Crippen molar-refractivity contribution in [3.05, 3.63) is 11.9 Å². The molecular formula is C12H19N5O2. The topological polar surface area (TPSA) is 99.8 Å². The molecule has 1 aliphatic heterocycles. The maximum Gasteiger partial charge on any atom is 0.273 e. The highest BCUT2D eigenvalue weighted by Gasteiger charge is 2.37. The Kier molecular flexibility index (Phi) is 3.55. The number of H-pyrrole nitrogens is 1. The highest BCUT2D eigenvalue weighted by Crippen LogP contribution is 2.26. The zero-order chi connectivity index (χ0) is 14.0. The van der Waals surface area contributed by atoms with E-state index in [1.807, 2.05) is 20.8 Å². The first kappa shape index (κ1) is 13.5. The molecule has 19 heavy (non-hydrogen) atoms. The van der Waals surface area contributed by atoms with Crippen molar-refractivity contribution in [2.75, 3.05) is 0 Å². The minimum atomic E-state index is -0.274. The summed E-state index contributed by atoms with van der Waals surface area (Å²) in [4.78, 5) is 23.5. The van der Waals surface area contributed by atoms with Gasteiger partial charge in [-0.05, 0) is 11.8 Å². The highest BCUT2D eigenvalue weighted by atomic mass is 16.2. The predicted octanol–water partition coefficient (Wildman–Crippen LogP) is 0.228. The molecule has 2 atom stereocenters. The third-order valence-electron chi connectivity index (χ3n) is 3.30. The van der Waals surface area contributed by atoms with Crippen molar-refractivity contribution in [1.29, 1.82) is 0 Å². The van der Waals surface area contributed by atoms with Crippen LogP contribution < -0.4 is 10.6 Å². The normalized spacial score (nSPS) is 23.8. The molecule has 1 fully saturated rings. The van der Waals surface area contributed by atoms with Crippen LogP contribution in [0.3, 0.4) is 0 Å². The first-order valence-electron chi connectivity index (χ1n) is 6.34. The molecule has 1 aliphatic rings. The lowest BCUT2D eigenvalue weighted by atomic mass is 9.78. The van der Waals surface area contributed by atoms with Crippen LogP contribution in [-0.4, -0.2) is 39.3 Å². The van der Waals surface area contributed by atoms with Crippen molar-refractivity contribution >= 4 is 11.8 Å². The maximum atomic E-state index is 12.0. The lowest BCUT2D eigenvalue weighted by Gasteiger charge is -2.40. The summed E-state index contributed by atoms with van der Waals surface area (Å²) in [5.41, 5.74) is 0.127. The Labute approximate surface area is 111 Å². The van der Waals surface area contributed by atoms with Crippen LogP contribution in [0.2, 0.25) is 0 Å². The van der Waals surface area contributed by atoms with Gasteiger partial charge in [-0.15, -0.1) is 0 Å². The number of hydrogen-bond acceptors (Lipinski definition) is 4. The monoisotopic (exact) mass is 265 g/mol. The van der Waals surface area contributed by atoms with Crippen LogP contribution in [0.4, 0.5) is 0 Å². The van der Waals surface area contributed by atoms with Gasteiger partial charge in [0.1, 0.15) is 0 Å². The fraction of sp³-hybridized carbons (Fsp3) is 0.667. The van der Waals surface area contributed by atoms with E-state index in [9.17, 15) is 9.59 Å². The van der Waals surface area contributed by atoms with Crippen molar-refractivity contribution in [1.82, 2.24) is 26.0 Å². The first-order valence-corrected chi connectivity index (χ1v) is 6.34. The second-order valence-electron chi connectivity index (χ2n) is 5.89. The molecule has 7 nitrogen and oxygen atoms in total. The minimum absolute atomic E-state index is 0.0341.